The molecule has 0 radical (unpaired) electrons. The Morgan fingerprint density at radius 2 is 2.00 bits per heavy atom. The standard InChI is InChI=1S/C17H32N4O4S/c1-17(2,3)25-16(22)21-9-6-5-7-14(21)11-19-15(18-4)20-13-8-10-26(23,24)12-13/h13-14H,5-12H2,1-4H3,(H2,18,19,20). The summed E-state index contributed by atoms with van der Waals surface area (Å²) in [5, 5.41) is 6.40. The van der Waals surface area contributed by atoms with Gasteiger partial charge in [0.1, 0.15) is 5.60 Å². The van der Waals surface area contributed by atoms with Gasteiger partial charge in [-0.1, -0.05) is 0 Å². The first-order valence-electron chi connectivity index (χ1n) is 9.27. The maximum atomic E-state index is 12.5. The molecule has 9 heteroatoms. The van der Waals surface area contributed by atoms with Crippen LogP contribution in [-0.2, 0) is 14.6 Å². The third-order valence-electron chi connectivity index (χ3n) is 4.56. The van der Waals surface area contributed by atoms with Crippen LogP contribution in [0.5, 0.6) is 0 Å². The summed E-state index contributed by atoms with van der Waals surface area (Å²) in [5.41, 5.74) is -0.516. The first-order valence-corrected chi connectivity index (χ1v) is 11.1. The van der Waals surface area contributed by atoms with E-state index in [0.717, 1.165) is 19.3 Å². The average molecular weight is 389 g/mol. The van der Waals surface area contributed by atoms with E-state index in [1.165, 1.54) is 0 Å². The van der Waals surface area contributed by atoms with Crippen molar-refractivity contribution in [1.29, 1.82) is 0 Å². The predicted octanol–water partition coefficient (Wildman–Crippen LogP) is 1.13. The largest absolute Gasteiger partial charge is 0.444 e. The molecule has 0 saturated carbocycles. The fraction of sp³-hybridized carbons (Fsp3) is 0.882. The molecule has 0 aromatic carbocycles. The number of hydrogen-bond donors (Lipinski definition) is 2. The van der Waals surface area contributed by atoms with Crippen LogP contribution < -0.4 is 10.6 Å². The molecule has 0 aromatic rings. The highest BCUT2D eigenvalue weighted by Crippen LogP contribution is 2.20. The first kappa shape index (κ1) is 20.8. The van der Waals surface area contributed by atoms with Crippen LogP contribution in [0.2, 0.25) is 0 Å². The van der Waals surface area contributed by atoms with E-state index in [1.54, 1.807) is 11.9 Å². The fourth-order valence-corrected chi connectivity index (χ4v) is 4.96. The van der Waals surface area contributed by atoms with Crippen LogP contribution in [0.15, 0.2) is 4.99 Å². The number of rotatable bonds is 3. The Labute approximate surface area is 156 Å². The zero-order chi connectivity index (χ0) is 19.4. The highest BCUT2D eigenvalue weighted by atomic mass is 32.2. The molecule has 2 atom stereocenters. The summed E-state index contributed by atoms with van der Waals surface area (Å²) < 4.78 is 28.7. The molecule has 26 heavy (non-hydrogen) atoms. The van der Waals surface area contributed by atoms with E-state index in [9.17, 15) is 13.2 Å². The lowest BCUT2D eigenvalue weighted by Crippen LogP contribution is -2.53. The second-order valence-electron chi connectivity index (χ2n) is 8.02. The van der Waals surface area contributed by atoms with E-state index in [0.29, 0.717) is 25.5 Å². The van der Waals surface area contributed by atoms with Crippen LogP contribution >= 0.6 is 0 Å². The van der Waals surface area contributed by atoms with E-state index < -0.39 is 15.4 Å². The van der Waals surface area contributed by atoms with Gasteiger partial charge in [-0.15, -0.1) is 0 Å². The molecule has 0 aromatic heterocycles. The number of guanidine groups is 1. The summed E-state index contributed by atoms with van der Waals surface area (Å²) in [6.45, 7) is 6.84. The summed E-state index contributed by atoms with van der Waals surface area (Å²) in [6, 6.07) is -0.0797. The van der Waals surface area contributed by atoms with Gasteiger partial charge < -0.3 is 20.3 Å². The SMILES string of the molecule is CN=C(NCC1CCCCN1C(=O)OC(C)(C)C)NC1CCS(=O)(=O)C1. The zero-order valence-corrected chi connectivity index (χ0v) is 17.1. The fourth-order valence-electron chi connectivity index (χ4n) is 3.29. The highest BCUT2D eigenvalue weighted by molar-refractivity contribution is 7.91. The smallest absolute Gasteiger partial charge is 0.410 e. The van der Waals surface area contributed by atoms with E-state index >= 15 is 0 Å². The number of likely N-dealkylation sites (tertiary alicyclic amines) is 1. The number of nitrogens with one attached hydrogen (secondary N) is 2. The van der Waals surface area contributed by atoms with E-state index in [4.69, 9.17) is 4.74 Å². The van der Waals surface area contributed by atoms with Crippen molar-refractivity contribution in [3.8, 4) is 0 Å². The van der Waals surface area contributed by atoms with Crippen LogP contribution in [0.25, 0.3) is 0 Å². The second-order valence-corrected chi connectivity index (χ2v) is 10.2. The molecule has 2 N–H and O–H groups in total. The monoisotopic (exact) mass is 388 g/mol. The minimum absolute atomic E-state index is 0.0319. The number of nitrogens with zero attached hydrogens (tertiary/aromatic N) is 2. The molecular formula is C17H32N4O4S. The highest BCUT2D eigenvalue weighted by Gasteiger charge is 2.31. The van der Waals surface area contributed by atoms with Gasteiger partial charge in [-0.3, -0.25) is 4.99 Å². The third-order valence-corrected chi connectivity index (χ3v) is 6.33. The molecule has 2 heterocycles. The van der Waals surface area contributed by atoms with Gasteiger partial charge in [0, 0.05) is 26.2 Å². The molecule has 2 unspecified atom stereocenters. The summed E-state index contributed by atoms with van der Waals surface area (Å²) >= 11 is 0. The van der Waals surface area contributed by atoms with Crippen molar-refractivity contribution in [1.82, 2.24) is 15.5 Å². The van der Waals surface area contributed by atoms with Gasteiger partial charge in [-0.2, -0.15) is 0 Å². The second kappa shape index (κ2) is 8.45. The Kier molecular flexibility index (Phi) is 6.76. The van der Waals surface area contributed by atoms with E-state index in [1.807, 2.05) is 20.8 Å². The number of aliphatic imine (C=N–C) groups is 1. The summed E-state index contributed by atoms with van der Waals surface area (Å²) in [6.07, 6.45) is 3.26. The Hall–Kier alpha value is -1.51. The van der Waals surface area contributed by atoms with Crippen LogP contribution in [0.3, 0.4) is 0 Å². The van der Waals surface area contributed by atoms with Crippen molar-refractivity contribution in [3.05, 3.63) is 0 Å². The molecule has 2 fully saturated rings. The number of carbonyl (C=O) groups is 1. The van der Waals surface area contributed by atoms with E-state index in [-0.39, 0.29) is 29.7 Å². The van der Waals surface area contributed by atoms with Crippen LogP contribution in [0, 0.1) is 0 Å². The van der Waals surface area contributed by atoms with Crippen LogP contribution in [0.4, 0.5) is 4.79 Å². The molecule has 2 aliphatic heterocycles. The van der Waals surface area contributed by atoms with Gasteiger partial charge in [-0.25, -0.2) is 13.2 Å². The molecule has 0 aliphatic carbocycles. The summed E-state index contributed by atoms with van der Waals surface area (Å²) in [4.78, 5) is 18.4. The quantitative estimate of drug-likeness (QED) is 0.555. The van der Waals surface area contributed by atoms with Crippen LogP contribution in [0.1, 0.15) is 46.5 Å². The van der Waals surface area contributed by atoms with Crippen molar-refractivity contribution >= 4 is 21.9 Å². The lowest BCUT2D eigenvalue weighted by molar-refractivity contribution is 0.0104. The zero-order valence-electron chi connectivity index (χ0n) is 16.2. The van der Waals surface area contributed by atoms with Gasteiger partial charge in [0.15, 0.2) is 15.8 Å². The van der Waals surface area contributed by atoms with Gasteiger partial charge in [-0.05, 0) is 46.5 Å². The maximum absolute atomic E-state index is 12.5. The minimum atomic E-state index is -2.94. The van der Waals surface area contributed by atoms with Gasteiger partial charge in [0.2, 0.25) is 0 Å². The van der Waals surface area contributed by atoms with Crippen molar-refractivity contribution in [2.24, 2.45) is 4.99 Å². The van der Waals surface area contributed by atoms with Gasteiger partial charge in [0.25, 0.3) is 0 Å². The topological polar surface area (TPSA) is 100 Å². The summed E-state index contributed by atoms with van der Waals surface area (Å²) in [7, 11) is -1.28. The summed E-state index contributed by atoms with van der Waals surface area (Å²) in [5.74, 6) is 0.930. The van der Waals surface area contributed by atoms with Gasteiger partial charge in [0.05, 0.1) is 17.5 Å². The third kappa shape index (κ3) is 6.34. The molecular weight excluding hydrogens is 356 g/mol. The molecule has 1 amide bonds. The Balaban J connectivity index is 1.89. The normalized spacial score (nSPS) is 26.5. The predicted molar refractivity (Wildman–Crippen MR) is 102 cm³/mol. The molecule has 0 bridgehead atoms. The number of amides is 1. The molecule has 8 nitrogen and oxygen atoms in total. The molecule has 2 rings (SSSR count). The van der Waals surface area contributed by atoms with Gasteiger partial charge >= 0.3 is 6.09 Å². The maximum Gasteiger partial charge on any atom is 0.410 e. The Morgan fingerprint density at radius 1 is 1.27 bits per heavy atom. The van der Waals surface area contributed by atoms with E-state index in [2.05, 4.69) is 15.6 Å². The number of hydrogen-bond acceptors (Lipinski definition) is 5. The number of piperidine rings is 1. The van der Waals surface area contributed by atoms with Crippen molar-refractivity contribution in [3.63, 3.8) is 0 Å². The number of ether oxygens (including phenoxy) is 1. The first-order chi connectivity index (χ1) is 12.1. The Morgan fingerprint density at radius 3 is 2.58 bits per heavy atom. The Bertz CT molecular complexity index is 627. The molecule has 150 valence electrons. The van der Waals surface area contributed by atoms with Crippen LogP contribution in [-0.4, -0.2) is 74.7 Å². The lowest BCUT2D eigenvalue weighted by Gasteiger charge is -2.37. The molecule has 0 spiro atoms. The molecule has 2 saturated heterocycles. The average Bonchev–Trinajstić information content (AvgIpc) is 2.88. The van der Waals surface area contributed by atoms with Crippen molar-refractivity contribution in [2.75, 3.05) is 31.6 Å². The minimum Gasteiger partial charge on any atom is -0.444 e. The molecule has 2 aliphatic rings. The van der Waals surface area contributed by atoms with Crippen molar-refractivity contribution < 1.29 is 17.9 Å². The number of carbonyl (C=O) groups excluding carboxylic acids is 1. The number of sulfone groups is 1. The van der Waals surface area contributed by atoms with Crippen molar-refractivity contribution in [2.45, 2.75) is 64.1 Å². The lowest BCUT2D eigenvalue weighted by atomic mass is 10.0.